The van der Waals surface area contributed by atoms with E-state index in [2.05, 4.69) is 12.5 Å². The zero-order valence-electron chi connectivity index (χ0n) is 7.90. The fraction of sp³-hybridized carbons (Fsp3) is 1.00. The SMILES string of the molecule is O=S(=O)(O)OC(O)O.O=S(=O)(OCO)OCO. The molecule has 0 atom stereocenters. The molecule has 0 radical (unpaired) electrons. The van der Waals surface area contributed by atoms with Crippen LogP contribution < -0.4 is 0 Å². The molecule has 12 nitrogen and oxygen atoms in total. The van der Waals surface area contributed by atoms with E-state index < -0.39 is 40.9 Å². The van der Waals surface area contributed by atoms with Crippen LogP contribution in [0.1, 0.15) is 0 Å². The first-order valence-electron chi connectivity index (χ1n) is 3.31. The largest absolute Gasteiger partial charge is 0.404 e. The molecule has 0 saturated carbocycles. The van der Waals surface area contributed by atoms with Crippen LogP contribution in [0.2, 0.25) is 0 Å². The van der Waals surface area contributed by atoms with Crippen LogP contribution in [0.3, 0.4) is 0 Å². The lowest BCUT2D eigenvalue weighted by Crippen LogP contribution is -2.15. The monoisotopic (exact) mass is 302 g/mol. The molecule has 0 aliphatic rings. The first-order chi connectivity index (χ1) is 7.54. The van der Waals surface area contributed by atoms with Gasteiger partial charge in [-0.3, -0.25) is 4.55 Å². The number of aliphatic hydroxyl groups excluding tert-OH is 3. The lowest BCUT2D eigenvalue weighted by Gasteiger charge is -1.97. The Hall–Kier alpha value is -0.420. The summed E-state index contributed by atoms with van der Waals surface area (Å²) in [6.45, 7) is -4.49. The van der Waals surface area contributed by atoms with Gasteiger partial charge in [-0.2, -0.15) is 21.0 Å². The minimum absolute atomic E-state index is 0.998. The van der Waals surface area contributed by atoms with E-state index in [1.807, 2.05) is 0 Å². The highest BCUT2D eigenvalue weighted by atomic mass is 32.3. The molecule has 0 fully saturated rings. The molecule has 0 amide bonds. The Morgan fingerprint density at radius 2 is 1.29 bits per heavy atom. The Balaban J connectivity index is 0. The Kier molecular flexibility index (Phi) is 9.62. The van der Waals surface area contributed by atoms with Crippen LogP contribution in [0.4, 0.5) is 0 Å². The van der Waals surface area contributed by atoms with Crippen LogP contribution in [0.25, 0.3) is 0 Å². The molecule has 0 aliphatic heterocycles. The van der Waals surface area contributed by atoms with E-state index >= 15 is 0 Å². The van der Waals surface area contributed by atoms with Crippen molar-refractivity contribution in [2.75, 3.05) is 13.6 Å². The molecule has 0 unspecified atom stereocenters. The molecule has 0 spiro atoms. The van der Waals surface area contributed by atoms with Crippen LogP contribution in [-0.4, -0.2) is 61.9 Å². The van der Waals surface area contributed by atoms with Gasteiger partial charge in [0.05, 0.1) is 0 Å². The summed E-state index contributed by atoms with van der Waals surface area (Å²) < 4.78 is 57.0. The number of aliphatic hydroxyl groups is 4. The van der Waals surface area contributed by atoms with Gasteiger partial charge in [0.2, 0.25) is 0 Å². The third-order valence-electron chi connectivity index (χ3n) is 0.602. The molecular formula is C3H10O12S2. The molecule has 14 heteroatoms. The molecule has 0 saturated heterocycles. The molecule has 0 aromatic rings. The van der Waals surface area contributed by atoms with Crippen LogP contribution in [-0.2, 0) is 33.3 Å². The van der Waals surface area contributed by atoms with Gasteiger partial charge in [0.1, 0.15) is 0 Å². The predicted octanol–water partition coefficient (Wildman–Crippen LogP) is -3.76. The van der Waals surface area contributed by atoms with Crippen molar-refractivity contribution in [3.63, 3.8) is 0 Å². The Labute approximate surface area is 95.9 Å². The third kappa shape index (κ3) is 18.2. The van der Waals surface area contributed by atoms with Crippen molar-refractivity contribution in [1.29, 1.82) is 0 Å². The van der Waals surface area contributed by atoms with Crippen molar-refractivity contribution < 1.29 is 54.4 Å². The highest BCUT2D eigenvalue weighted by molar-refractivity contribution is 7.81. The lowest BCUT2D eigenvalue weighted by molar-refractivity contribution is -0.179. The summed E-state index contributed by atoms with van der Waals surface area (Å²) in [6, 6.07) is 0. The smallest absolute Gasteiger partial charge is 0.369 e. The van der Waals surface area contributed by atoms with E-state index in [9.17, 15) is 16.8 Å². The Morgan fingerprint density at radius 3 is 1.41 bits per heavy atom. The van der Waals surface area contributed by atoms with E-state index in [4.69, 9.17) is 25.0 Å². The molecule has 106 valence electrons. The van der Waals surface area contributed by atoms with E-state index in [1.165, 1.54) is 0 Å². The fourth-order valence-corrected chi connectivity index (χ4v) is 0.816. The Morgan fingerprint density at radius 1 is 0.941 bits per heavy atom. The van der Waals surface area contributed by atoms with Crippen LogP contribution >= 0.6 is 0 Å². The highest BCUT2D eigenvalue weighted by Crippen LogP contribution is 1.91. The van der Waals surface area contributed by atoms with Gasteiger partial charge in [-0.05, 0) is 0 Å². The van der Waals surface area contributed by atoms with Crippen LogP contribution in [0, 0.1) is 0 Å². The minimum Gasteiger partial charge on any atom is -0.369 e. The van der Waals surface area contributed by atoms with Crippen molar-refractivity contribution in [2.45, 2.75) is 6.48 Å². The van der Waals surface area contributed by atoms with E-state index in [0.717, 1.165) is 0 Å². The summed E-state index contributed by atoms with van der Waals surface area (Å²) >= 11 is 0. The van der Waals surface area contributed by atoms with Gasteiger partial charge < -0.3 is 20.4 Å². The molecule has 0 aliphatic carbocycles. The molecule has 0 aromatic carbocycles. The fourth-order valence-electron chi connectivity index (χ4n) is 0.272. The summed E-state index contributed by atoms with van der Waals surface area (Å²) in [4.78, 5) is 0. The van der Waals surface area contributed by atoms with Gasteiger partial charge in [-0.25, -0.2) is 8.37 Å². The summed E-state index contributed by atoms with van der Waals surface area (Å²) in [5.74, 6) is 0. The average molecular weight is 302 g/mol. The van der Waals surface area contributed by atoms with Gasteiger partial charge >= 0.3 is 20.8 Å². The summed E-state index contributed by atoms with van der Waals surface area (Å²) in [5.41, 5.74) is 0. The second-order valence-electron chi connectivity index (χ2n) is 1.75. The molecule has 17 heavy (non-hydrogen) atoms. The van der Waals surface area contributed by atoms with E-state index in [0.29, 0.717) is 0 Å². The Bertz CT molecular complexity index is 353. The third-order valence-corrected chi connectivity index (χ3v) is 1.81. The van der Waals surface area contributed by atoms with Crippen LogP contribution in [0.5, 0.6) is 0 Å². The van der Waals surface area contributed by atoms with Crippen LogP contribution in [0.15, 0.2) is 0 Å². The zero-order valence-corrected chi connectivity index (χ0v) is 9.53. The van der Waals surface area contributed by atoms with Crippen molar-refractivity contribution in [3.8, 4) is 0 Å². The van der Waals surface area contributed by atoms with Gasteiger partial charge in [0.25, 0.3) is 6.48 Å². The van der Waals surface area contributed by atoms with Crippen molar-refractivity contribution in [2.24, 2.45) is 0 Å². The van der Waals surface area contributed by atoms with E-state index in [1.54, 1.807) is 0 Å². The second kappa shape index (κ2) is 8.64. The number of hydrogen-bond acceptors (Lipinski definition) is 11. The minimum atomic E-state index is -4.72. The maximum absolute atomic E-state index is 10.1. The summed E-state index contributed by atoms with van der Waals surface area (Å²) in [5, 5.41) is 31.1. The highest BCUT2D eigenvalue weighted by Gasteiger charge is 2.09. The predicted molar refractivity (Wildman–Crippen MR) is 46.1 cm³/mol. The first kappa shape index (κ1) is 18.9. The van der Waals surface area contributed by atoms with Gasteiger partial charge in [0, 0.05) is 0 Å². The van der Waals surface area contributed by atoms with E-state index in [-0.39, 0.29) is 0 Å². The molecule has 0 heterocycles. The maximum atomic E-state index is 10.1. The second-order valence-corrected chi connectivity index (χ2v) is 4.09. The summed E-state index contributed by atoms with van der Waals surface area (Å²) in [6.07, 6.45) is 0. The van der Waals surface area contributed by atoms with Gasteiger partial charge in [-0.1, -0.05) is 0 Å². The first-order valence-corrected chi connectivity index (χ1v) is 6.01. The molecule has 0 rings (SSSR count). The normalized spacial score (nSPS) is 12.1. The maximum Gasteiger partial charge on any atom is 0.404 e. The number of rotatable bonds is 6. The topological polar surface area (TPSA) is 197 Å². The van der Waals surface area contributed by atoms with Gasteiger partial charge in [0.15, 0.2) is 13.6 Å². The standard InChI is InChI=1S/C2H6O6S.CH4O6S/c3-1-7-9(5,6)8-2-4;2-1(3)7-8(4,5)6/h3-4H,1-2H2;1-3H,(H,4,5,6). The number of hydrogen-bond donors (Lipinski definition) is 5. The van der Waals surface area contributed by atoms with Crippen molar-refractivity contribution in [3.05, 3.63) is 0 Å². The zero-order chi connectivity index (χ0) is 14.1. The molecule has 0 aromatic heterocycles. The quantitative estimate of drug-likeness (QED) is 0.237. The van der Waals surface area contributed by atoms with Gasteiger partial charge in [-0.15, -0.1) is 0 Å². The lowest BCUT2D eigenvalue weighted by atomic mass is 11.4. The molecule has 0 bridgehead atoms. The molecule has 5 N–H and O–H groups in total. The van der Waals surface area contributed by atoms with Crippen molar-refractivity contribution in [1.82, 2.24) is 0 Å². The average Bonchev–Trinajstić information content (AvgIpc) is 1.98. The summed E-state index contributed by atoms with van der Waals surface area (Å²) in [7, 11) is -8.91. The van der Waals surface area contributed by atoms with Crippen molar-refractivity contribution >= 4 is 20.8 Å². The molecular weight excluding hydrogens is 292 g/mol.